The Morgan fingerprint density at radius 1 is 1.56 bits per heavy atom. The molecule has 0 fully saturated rings. The molecule has 0 bridgehead atoms. The topological polar surface area (TPSA) is 59.3 Å². The molecule has 0 saturated heterocycles. The summed E-state index contributed by atoms with van der Waals surface area (Å²) in [7, 11) is 0. The molecule has 3 heterocycles. The summed E-state index contributed by atoms with van der Waals surface area (Å²) < 4.78 is 1.81. The highest BCUT2D eigenvalue weighted by Crippen LogP contribution is 2.21. The molecule has 1 aliphatic rings. The van der Waals surface area contributed by atoms with E-state index in [2.05, 4.69) is 28.4 Å². The number of nitrogens with zero attached hydrogens (tertiary/aromatic N) is 3. The maximum Gasteiger partial charge on any atom is 0.274 e. The number of nitrogens with one attached hydrogen (secondary N) is 1. The summed E-state index contributed by atoms with van der Waals surface area (Å²) >= 11 is 1.49. The normalized spacial score (nSPS) is 15.9. The zero-order chi connectivity index (χ0) is 12.5. The van der Waals surface area contributed by atoms with Gasteiger partial charge in [0.05, 0.1) is 5.69 Å². The van der Waals surface area contributed by atoms with Gasteiger partial charge in [0, 0.05) is 12.6 Å². The van der Waals surface area contributed by atoms with E-state index in [9.17, 15) is 4.79 Å². The van der Waals surface area contributed by atoms with Gasteiger partial charge < -0.3 is 5.32 Å². The van der Waals surface area contributed by atoms with Crippen molar-refractivity contribution in [3.63, 3.8) is 0 Å². The number of aryl methyl sites for hydroxylation is 1. The van der Waals surface area contributed by atoms with E-state index in [-0.39, 0.29) is 5.56 Å². The van der Waals surface area contributed by atoms with E-state index in [1.54, 1.807) is 6.07 Å². The van der Waals surface area contributed by atoms with Gasteiger partial charge in [-0.3, -0.25) is 4.79 Å². The van der Waals surface area contributed by atoms with Gasteiger partial charge in [-0.25, -0.2) is 4.52 Å². The maximum atomic E-state index is 11.7. The number of rotatable bonds is 2. The highest BCUT2D eigenvalue weighted by atomic mass is 32.1. The lowest BCUT2D eigenvalue weighted by molar-refractivity contribution is 0.731. The van der Waals surface area contributed by atoms with Crippen LogP contribution in [0.5, 0.6) is 0 Å². The van der Waals surface area contributed by atoms with Gasteiger partial charge in [0.15, 0.2) is 0 Å². The van der Waals surface area contributed by atoms with Crippen LogP contribution in [-0.2, 0) is 6.42 Å². The van der Waals surface area contributed by atoms with Gasteiger partial charge >= 0.3 is 0 Å². The highest BCUT2D eigenvalue weighted by Gasteiger charge is 2.13. The van der Waals surface area contributed by atoms with Crippen LogP contribution in [-0.4, -0.2) is 27.7 Å². The maximum absolute atomic E-state index is 11.7. The molecule has 1 N–H and O–H groups in total. The number of aromatic nitrogens is 3. The summed E-state index contributed by atoms with van der Waals surface area (Å²) in [5, 5.41) is 8.79. The van der Waals surface area contributed by atoms with Crippen molar-refractivity contribution in [2.45, 2.75) is 19.8 Å². The molecule has 0 radical (unpaired) electrons. The minimum Gasteiger partial charge on any atom is -0.313 e. The van der Waals surface area contributed by atoms with Crippen LogP contribution in [0.3, 0.4) is 0 Å². The predicted molar refractivity (Wildman–Crippen MR) is 72.0 cm³/mol. The van der Waals surface area contributed by atoms with Crippen molar-refractivity contribution in [1.82, 2.24) is 19.9 Å². The second kappa shape index (κ2) is 4.62. The Hall–Kier alpha value is -1.53. The fraction of sp³-hybridized carbons (Fsp3) is 0.417. The van der Waals surface area contributed by atoms with Gasteiger partial charge in [-0.2, -0.15) is 10.1 Å². The summed E-state index contributed by atoms with van der Waals surface area (Å²) in [4.78, 5) is 16.4. The van der Waals surface area contributed by atoms with E-state index in [4.69, 9.17) is 0 Å². The third kappa shape index (κ3) is 1.97. The molecule has 0 aromatic carbocycles. The average molecular weight is 262 g/mol. The largest absolute Gasteiger partial charge is 0.313 e. The van der Waals surface area contributed by atoms with Crippen LogP contribution >= 0.6 is 11.3 Å². The number of hydrogen-bond acceptors (Lipinski definition) is 5. The number of fused-ring (bicyclic) bond motifs is 1. The molecule has 0 atom stereocenters. The van der Waals surface area contributed by atoms with E-state index < -0.39 is 0 Å². The fourth-order valence-corrected chi connectivity index (χ4v) is 2.92. The van der Waals surface area contributed by atoms with Gasteiger partial charge in [0.2, 0.25) is 4.96 Å². The Balaban J connectivity index is 2.23. The first-order valence-electron chi connectivity index (χ1n) is 6.08. The average Bonchev–Trinajstić information content (AvgIpc) is 2.81. The molecule has 18 heavy (non-hydrogen) atoms. The molecular weight excluding hydrogens is 248 g/mol. The van der Waals surface area contributed by atoms with Crippen LogP contribution < -0.4 is 10.9 Å². The van der Waals surface area contributed by atoms with Crippen molar-refractivity contribution in [3.05, 3.63) is 33.2 Å². The third-order valence-corrected chi connectivity index (χ3v) is 4.04. The van der Waals surface area contributed by atoms with Crippen molar-refractivity contribution in [2.75, 3.05) is 13.1 Å². The summed E-state index contributed by atoms with van der Waals surface area (Å²) in [5.41, 5.74) is 1.88. The lowest BCUT2D eigenvalue weighted by atomic mass is 10.1. The lowest BCUT2D eigenvalue weighted by Crippen LogP contribution is -2.22. The first-order chi connectivity index (χ1) is 8.78. The molecule has 0 spiro atoms. The van der Waals surface area contributed by atoms with E-state index in [1.165, 1.54) is 16.9 Å². The van der Waals surface area contributed by atoms with E-state index in [1.807, 2.05) is 4.52 Å². The number of hydrogen-bond donors (Lipinski definition) is 1. The molecule has 2 aromatic rings. The Morgan fingerprint density at radius 2 is 2.44 bits per heavy atom. The Labute approximate surface area is 108 Å². The van der Waals surface area contributed by atoms with Crippen molar-refractivity contribution in [3.8, 4) is 0 Å². The Kier molecular flexibility index (Phi) is 2.97. The molecule has 0 aliphatic carbocycles. The summed E-state index contributed by atoms with van der Waals surface area (Å²) in [6.45, 7) is 3.84. The molecule has 6 heteroatoms. The summed E-state index contributed by atoms with van der Waals surface area (Å²) in [6, 6.07) is 1.59. The first kappa shape index (κ1) is 11.6. The van der Waals surface area contributed by atoms with Crippen LogP contribution in [0.1, 0.15) is 24.0 Å². The molecule has 3 rings (SSSR count). The molecule has 2 aromatic heterocycles. The molecule has 0 unspecified atom stereocenters. The molecule has 5 nitrogen and oxygen atoms in total. The lowest BCUT2D eigenvalue weighted by Gasteiger charge is -2.14. The standard InChI is InChI=1S/C12H14N4OS/c1-2-11-15-16-9(8-3-5-13-6-4-8)7-10(17)14-12(16)18-11/h3,7,13H,2,4-6H2,1H3. The Morgan fingerprint density at radius 3 is 3.17 bits per heavy atom. The third-order valence-electron chi connectivity index (χ3n) is 2.99. The first-order valence-corrected chi connectivity index (χ1v) is 6.89. The molecule has 1 aliphatic heterocycles. The van der Waals surface area contributed by atoms with Crippen molar-refractivity contribution in [2.24, 2.45) is 0 Å². The van der Waals surface area contributed by atoms with E-state index in [0.29, 0.717) is 4.96 Å². The van der Waals surface area contributed by atoms with Gasteiger partial charge in [0.1, 0.15) is 5.01 Å². The fourth-order valence-electron chi connectivity index (χ4n) is 2.08. The second-order valence-corrected chi connectivity index (χ2v) is 5.25. The SMILES string of the molecule is CCc1nn2c(C3=CCNCC3)cc(=O)nc2s1. The molecule has 0 saturated carbocycles. The summed E-state index contributed by atoms with van der Waals surface area (Å²) in [6.07, 6.45) is 3.91. The zero-order valence-electron chi connectivity index (χ0n) is 10.1. The van der Waals surface area contributed by atoms with Gasteiger partial charge in [-0.15, -0.1) is 0 Å². The molecule has 94 valence electrons. The summed E-state index contributed by atoms with van der Waals surface area (Å²) in [5.74, 6) is 0. The Bertz CT molecular complexity index is 670. The predicted octanol–water partition coefficient (Wildman–Crippen LogP) is 1.09. The minimum atomic E-state index is -0.185. The van der Waals surface area contributed by atoms with Crippen LogP contribution in [0, 0.1) is 0 Å². The smallest absolute Gasteiger partial charge is 0.274 e. The van der Waals surface area contributed by atoms with Crippen molar-refractivity contribution in [1.29, 1.82) is 0 Å². The van der Waals surface area contributed by atoms with Crippen LogP contribution in [0.15, 0.2) is 16.9 Å². The van der Waals surface area contributed by atoms with Gasteiger partial charge in [0.25, 0.3) is 5.56 Å². The molecular formula is C12H14N4OS. The zero-order valence-corrected chi connectivity index (χ0v) is 11.0. The van der Waals surface area contributed by atoms with E-state index in [0.717, 1.165) is 36.6 Å². The quantitative estimate of drug-likeness (QED) is 0.880. The van der Waals surface area contributed by atoms with Crippen LogP contribution in [0.25, 0.3) is 10.5 Å². The van der Waals surface area contributed by atoms with E-state index >= 15 is 0 Å². The van der Waals surface area contributed by atoms with Crippen LogP contribution in [0.2, 0.25) is 0 Å². The van der Waals surface area contributed by atoms with Gasteiger partial charge in [-0.05, 0) is 25.0 Å². The van der Waals surface area contributed by atoms with Crippen LogP contribution in [0.4, 0.5) is 0 Å². The highest BCUT2D eigenvalue weighted by molar-refractivity contribution is 7.16. The monoisotopic (exact) mass is 262 g/mol. The second-order valence-electron chi connectivity index (χ2n) is 4.21. The minimum absolute atomic E-state index is 0.185. The van der Waals surface area contributed by atoms with Crippen molar-refractivity contribution < 1.29 is 0 Å². The van der Waals surface area contributed by atoms with Crippen molar-refractivity contribution >= 4 is 21.9 Å². The molecule has 0 amide bonds. The van der Waals surface area contributed by atoms with Gasteiger partial charge in [-0.1, -0.05) is 24.3 Å².